The lowest BCUT2D eigenvalue weighted by Gasteiger charge is -2.33. The van der Waals surface area contributed by atoms with Gasteiger partial charge < -0.3 is 15.0 Å². The second-order valence-corrected chi connectivity index (χ2v) is 12.2. The first kappa shape index (κ1) is 32.2. The van der Waals surface area contributed by atoms with E-state index in [4.69, 9.17) is 4.74 Å². The SMILES string of the molecule is CCNC(=O)[C@@H](Cc1ccccc1)N(Cc1ccccc1F)C(=O)CN(c1ccc(OCc2ccccc2)cc1)S(C)(=O)=O. The van der Waals surface area contributed by atoms with Crippen molar-refractivity contribution < 1.29 is 27.1 Å². The van der Waals surface area contributed by atoms with Gasteiger partial charge >= 0.3 is 0 Å². The van der Waals surface area contributed by atoms with E-state index >= 15 is 0 Å². The maximum absolute atomic E-state index is 14.8. The molecule has 44 heavy (non-hydrogen) atoms. The van der Waals surface area contributed by atoms with Crippen LogP contribution in [-0.4, -0.2) is 50.5 Å². The average Bonchev–Trinajstić information content (AvgIpc) is 3.02. The second kappa shape index (κ2) is 15.2. The topological polar surface area (TPSA) is 96.0 Å². The van der Waals surface area contributed by atoms with Crippen LogP contribution in [0.5, 0.6) is 5.75 Å². The van der Waals surface area contributed by atoms with Crippen LogP contribution in [0.2, 0.25) is 0 Å². The van der Waals surface area contributed by atoms with Gasteiger partial charge in [-0.25, -0.2) is 12.8 Å². The highest BCUT2D eigenvalue weighted by Crippen LogP contribution is 2.24. The molecule has 0 bridgehead atoms. The fourth-order valence-electron chi connectivity index (χ4n) is 4.72. The number of likely N-dealkylation sites (N-methyl/N-ethyl adjacent to an activating group) is 1. The van der Waals surface area contributed by atoms with Crippen LogP contribution >= 0.6 is 0 Å². The quantitative estimate of drug-likeness (QED) is 0.216. The molecule has 4 rings (SSSR count). The molecule has 0 spiro atoms. The summed E-state index contributed by atoms with van der Waals surface area (Å²) in [6.07, 6.45) is 1.16. The number of nitrogens with zero attached hydrogens (tertiary/aromatic N) is 2. The monoisotopic (exact) mass is 617 g/mol. The molecule has 1 N–H and O–H groups in total. The molecule has 4 aromatic rings. The van der Waals surface area contributed by atoms with Crippen LogP contribution in [-0.2, 0) is 39.2 Å². The third-order valence-electron chi connectivity index (χ3n) is 6.97. The molecule has 0 aromatic heterocycles. The van der Waals surface area contributed by atoms with Gasteiger partial charge in [-0.3, -0.25) is 13.9 Å². The fourth-order valence-corrected chi connectivity index (χ4v) is 5.57. The standard InChI is InChI=1S/C34H36FN3O5S/c1-3-36-34(40)32(22-26-12-6-4-7-13-26)37(23-28-16-10-11-17-31(28)35)33(39)24-38(44(2,41)42)29-18-20-30(21-19-29)43-25-27-14-8-5-9-15-27/h4-21,32H,3,22-25H2,1-2H3,(H,36,40)/t32-/m1/s1. The number of sulfonamides is 1. The zero-order valence-corrected chi connectivity index (χ0v) is 25.5. The molecule has 4 aromatic carbocycles. The molecular formula is C34H36FN3O5S. The van der Waals surface area contributed by atoms with Crippen molar-refractivity contribution in [2.24, 2.45) is 0 Å². The van der Waals surface area contributed by atoms with E-state index in [9.17, 15) is 22.4 Å². The zero-order chi connectivity index (χ0) is 31.5. The number of halogens is 1. The van der Waals surface area contributed by atoms with E-state index in [1.807, 2.05) is 60.7 Å². The molecule has 2 amide bonds. The van der Waals surface area contributed by atoms with E-state index in [1.54, 1.807) is 37.3 Å². The summed E-state index contributed by atoms with van der Waals surface area (Å²) in [5, 5.41) is 2.77. The van der Waals surface area contributed by atoms with E-state index in [-0.39, 0.29) is 24.2 Å². The predicted octanol–water partition coefficient (Wildman–Crippen LogP) is 4.95. The third kappa shape index (κ3) is 8.90. The number of carbonyl (C=O) groups is 2. The minimum Gasteiger partial charge on any atom is -0.489 e. The normalized spacial score (nSPS) is 11.8. The van der Waals surface area contributed by atoms with Gasteiger partial charge in [0.1, 0.15) is 30.8 Å². The van der Waals surface area contributed by atoms with Gasteiger partial charge in [-0.1, -0.05) is 78.9 Å². The van der Waals surface area contributed by atoms with Gasteiger partial charge in [0.15, 0.2) is 0 Å². The first-order chi connectivity index (χ1) is 21.2. The van der Waals surface area contributed by atoms with Crippen LogP contribution in [0.4, 0.5) is 10.1 Å². The van der Waals surface area contributed by atoms with Gasteiger partial charge in [0.2, 0.25) is 21.8 Å². The van der Waals surface area contributed by atoms with Crippen LogP contribution in [0.1, 0.15) is 23.6 Å². The van der Waals surface area contributed by atoms with Gasteiger partial charge in [-0.2, -0.15) is 0 Å². The Labute approximate surface area is 258 Å². The Hall–Kier alpha value is -4.70. The Kier molecular flexibility index (Phi) is 11.1. The maximum Gasteiger partial charge on any atom is 0.244 e. The highest BCUT2D eigenvalue weighted by atomic mass is 32.2. The van der Waals surface area contributed by atoms with Crippen LogP contribution in [0.15, 0.2) is 109 Å². The van der Waals surface area contributed by atoms with Crippen molar-refractivity contribution in [1.82, 2.24) is 10.2 Å². The summed E-state index contributed by atoms with van der Waals surface area (Å²) in [6.45, 7) is 1.59. The highest BCUT2D eigenvalue weighted by Gasteiger charge is 2.33. The number of anilines is 1. The molecule has 0 unspecified atom stereocenters. The molecule has 0 radical (unpaired) electrons. The minimum absolute atomic E-state index is 0.152. The first-order valence-corrected chi connectivity index (χ1v) is 16.1. The maximum atomic E-state index is 14.8. The number of rotatable bonds is 14. The lowest BCUT2D eigenvalue weighted by atomic mass is 10.0. The number of carbonyl (C=O) groups excluding carboxylic acids is 2. The third-order valence-corrected chi connectivity index (χ3v) is 8.11. The van der Waals surface area contributed by atoms with Gasteiger partial charge in [-0.05, 0) is 48.4 Å². The number of hydrogen-bond acceptors (Lipinski definition) is 5. The molecular weight excluding hydrogens is 581 g/mol. The molecule has 0 aliphatic rings. The van der Waals surface area contributed by atoms with Crippen molar-refractivity contribution >= 4 is 27.5 Å². The fraction of sp³-hybridized carbons (Fsp3) is 0.235. The molecule has 10 heteroatoms. The van der Waals surface area contributed by atoms with Gasteiger partial charge in [0.25, 0.3) is 0 Å². The molecule has 0 fully saturated rings. The largest absolute Gasteiger partial charge is 0.489 e. The van der Waals surface area contributed by atoms with E-state index < -0.39 is 40.2 Å². The van der Waals surface area contributed by atoms with E-state index in [0.717, 1.165) is 21.7 Å². The molecule has 0 aliphatic heterocycles. The van der Waals surface area contributed by atoms with Gasteiger partial charge in [0.05, 0.1) is 11.9 Å². The smallest absolute Gasteiger partial charge is 0.244 e. The van der Waals surface area contributed by atoms with Crippen LogP contribution in [0.25, 0.3) is 0 Å². The molecule has 0 saturated carbocycles. The number of hydrogen-bond donors (Lipinski definition) is 1. The van der Waals surface area contributed by atoms with Crippen molar-refractivity contribution in [2.45, 2.75) is 32.5 Å². The van der Waals surface area contributed by atoms with Crippen molar-refractivity contribution in [3.05, 3.63) is 132 Å². The van der Waals surface area contributed by atoms with E-state index in [2.05, 4.69) is 5.32 Å². The molecule has 8 nitrogen and oxygen atoms in total. The molecule has 1 atom stereocenters. The Balaban J connectivity index is 1.63. The lowest BCUT2D eigenvalue weighted by Crippen LogP contribution is -2.53. The van der Waals surface area contributed by atoms with Crippen LogP contribution < -0.4 is 14.4 Å². The lowest BCUT2D eigenvalue weighted by molar-refractivity contribution is -0.140. The summed E-state index contributed by atoms with van der Waals surface area (Å²) in [4.78, 5) is 28.7. The molecule has 0 heterocycles. The number of amides is 2. The molecule has 0 aliphatic carbocycles. The van der Waals surface area contributed by atoms with Crippen molar-refractivity contribution in [1.29, 1.82) is 0 Å². The highest BCUT2D eigenvalue weighted by molar-refractivity contribution is 7.92. The Morgan fingerprint density at radius 3 is 2.02 bits per heavy atom. The molecule has 230 valence electrons. The van der Waals surface area contributed by atoms with Crippen LogP contribution in [0.3, 0.4) is 0 Å². The van der Waals surface area contributed by atoms with E-state index in [1.165, 1.54) is 23.1 Å². The number of nitrogens with one attached hydrogen (secondary N) is 1. The van der Waals surface area contributed by atoms with E-state index in [0.29, 0.717) is 18.9 Å². The zero-order valence-electron chi connectivity index (χ0n) is 24.7. The summed E-state index contributed by atoms with van der Waals surface area (Å²) >= 11 is 0. The summed E-state index contributed by atoms with van der Waals surface area (Å²) in [6, 6.07) is 30.1. The average molecular weight is 618 g/mol. The van der Waals surface area contributed by atoms with Crippen molar-refractivity contribution in [3.8, 4) is 5.75 Å². The molecule has 0 saturated heterocycles. The Morgan fingerprint density at radius 2 is 1.43 bits per heavy atom. The summed E-state index contributed by atoms with van der Waals surface area (Å²) < 4.78 is 47.6. The summed E-state index contributed by atoms with van der Waals surface area (Å²) in [5.74, 6) is -1.09. The summed E-state index contributed by atoms with van der Waals surface area (Å²) in [7, 11) is -3.94. The Bertz CT molecular complexity index is 1630. The van der Waals surface area contributed by atoms with Crippen molar-refractivity contribution in [3.63, 3.8) is 0 Å². The summed E-state index contributed by atoms with van der Waals surface area (Å²) in [5.41, 5.74) is 2.22. The van der Waals surface area contributed by atoms with Gasteiger partial charge in [0, 0.05) is 25.1 Å². The Morgan fingerprint density at radius 1 is 0.841 bits per heavy atom. The second-order valence-electron chi connectivity index (χ2n) is 10.3. The predicted molar refractivity (Wildman–Crippen MR) is 169 cm³/mol. The first-order valence-electron chi connectivity index (χ1n) is 14.2. The van der Waals surface area contributed by atoms with Gasteiger partial charge in [-0.15, -0.1) is 0 Å². The van der Waals surface area contributed by atoms with Crippen LogP contribution in [0, 0.1) is 5.82 Å². The number of benzene rings is 4. The number of ether oxygens (including phenoxy) is 1. The van der Waals surface area contributed by atoms with Crippen molar-refractivity contribution in [2.75, 3.05) is 23.7 Å². The minimum atomic E-state index is -3.94.